The van der Waals surface area contributed by atoms with Crippen LogP contribution in [0.5, 0.6) is 0 Å². The van der Waals surface area contributed by atoms with E-state index < -0.39 is 6.49 Å². The van der Waals surface area contributed by atoms with Crippen LogP contribution in [-0.2, 0) is 20.9 Å². The molecule has 4 unspecified atom stereocenters. The minimum atomic E-state index is -2.47. The highest BCUT2D eigenvalue weighted by atomic mass is 32.5. The summed E-state index contributed by atoms with van der Waals surface area (Å²) in [5.74, 6) is 1.90. The molecule has 0 spiro atoms. The number of hydrogen-bond acceptors (Lipinski definition) is 3. The van der Waals surface area contributed by atoms with E-state index in [0.29, 0.717) is 17.8 Å². The maximum atomic E-state index is 6.62. The fraction of sp³-hybridized carbons (Fsp3) is 0.684. The van der Waals surface area contributed by atoms with Gasteiger partial charge in [0, 0.05) is 5.30 Å². The van der Waals surface area contributed by atoms with Crippen LogP contribution in [-0.4, -0.2) is 12.2 Å². The van der Waals surface area contributed by atoms with Crippen LogP contribution in [0.15, 0.2) is 30.3 Å². The van der Waals surface area contributed by atoms with Gasteiger partial charge < -0.3 is 9.05 Å². The number of benzene rings is 1. The molecule has 130 valence electrons. The molecule has 2 rings (SSSR count). The molecule has 0 amide bonds. The molecule has 0 N–H and O–H groups in total. The molecule has 0 bridgehead atoms. The topological polar surface area (TPSA) is 18.5 Å². The van der Waals surface area contributed by atoms with Crippen molar-refractivity contribution in [3.8, 4) is 0 Å². The second kappa shape index (κ2) is 8.25. The highest BCUT2D eigenvalue weighted by Gasteiger charge is 2.36. The maximum Gasteiger partial charge on any atom is 0.220 e. The SMILES string of the molecule is CC1CCC(C(C)C)C(OP(=S)(OC(C)C)c2ccccc2)C1. The van der Waals surface area contributed by atoms with Crippen LogP contribution < -0.4 is 5.30 Å². The quantitative estimate of drug-likeness (QED) is 0.626. The highest BCUT2D eigenvalue weighted by Crippen LogP contribution is 2.53. The summed E-state index contributed by atoms with van der Waals surface area (Å²) < 4.78 is 12.8. The van der Waals surface area contributed by atoms with E-state index in [0.717, 1.165) is 11.7 Å². The van der Waals surface area contributed by atoms with Crippen molar-refractivity contribution in [2.24, 2.45) is 17.8 Å². The minimum Gasteiger partial charge on any atom is -0.323 e. The Morgan fingerprint density at radius 1 is 1.09 bits per heavy atom. The first-order valence-corrected chi connectivity index (χ1v) is 11.5. The summed E-state index contributed by atoms with van der Waals surface area (Å²) in [7, 11) is 0. The van der Waals surface area contributed by atoms with Crippen molar-refractivity contribution in [2.45, 2.75) is 66.1 Å². The van der Waals surface area contributed by atoms with Gasteiger partial charge in [-0.15, -0.1) is 0 Å². The molecule has 0 aliphatic heterocycles. The van der Waals surface area contributed by atoms with E-state index in [1.807, 2.05) is 32.0 Å². The lowest BCUT2D eigenvalue weighted by molar-refractivity contribution is 0.0405. The lowest BCUT2D eigenvalue weighted by Crippen LogP contribution is -2.35. The van der Waals surface area contributed by atoms with Crippen molar-refractivity contribution in [1.82, 2.24) is 0 Å². The van der Waals surface area contributed by atoms with E-state index in [-0.39, 0.29) is 12.2 Å². The Morgan fingerprint density at radius 2 is 1.74 bits per heavy atom. The standard InChI is InChI=1S/C19H31O2PS/c1-14(2)18-12-11-16(5)13-19(18)21-22(23,20-15(3)4)17-9-7-6-8-10-17/h6-10,14-16,18-19H,11-13H2,1-5H3. The lowest BCUT2D eigenvalue weighted by Gasteiger charge is -2.40. The van der Waals surface area contributed by atoms with Gasteiger partial charge in [-0.05, 0) is 68.4 Å². The van der Waals surface area contributed by atoms with Gasteiger partial charge in [-0.1, -0.05) is 45.4 Å². The van der Waals surface area contributed by atoms with E-state index in [1.54, 1.807) is 0 Å². The molecule has 0 heterocycles. The minimum absolute atomic E-state index is 0.0690. The smallest absolute Gasteiger partial charge is 0.220 e. The first kappa shape index (κ1) is 19.1. The summed E-state index contributed by atoms with van der Waals surface area (Å²) in [6.45, 7) is 8.53. The first-order valence-electron chi connectivity index (χ1n) is 8.84. The van der Waals surface area contributed by atoms with Gasteiger partial charge in [0.2, 0.25) is 6.49 Å². The zero-order valence-electron chi connectivity index (χ0n) is 15.1. The molecule has 1 saturated carbocycles. The Labute approximate surface area is 147 Å². The molecular weight excluding hydrogens is 323 g/mol. The molecule has 1 fully saturated rings. The van der Waals surface area contributed by atoms with Gasteiger partial charge in [-0.25, -0.2) is 0 Å². The van der Waals surface area contributed by atoms with E-state index in [1.165, 1.54) is 12.8 Å². The van der Waals surface area contributed by atoms with E-state index in [4.69, 9.17) is 20.9 Å². The zero-order valence-corrected chi connectivity index (χ0v) is 16.8. The van der Waals surface area contributed by atoms with Crippen LogP contribution in [0, 0.1) is 17.8 Å². The van der Waals surface area contributed by atoms with Crippen molar-refractivity contribution in [1.29, 1.82) is 0 Å². The van der Waals surface area contributed by atoms with Crippen LogP contribution in [0.1, 0.15) is 53.9 Å². The monoisotopic (exact) mass is 354 g/mol. The van der Waals surface area contributed by atoms with Gasteiger partial charge in [-0.2, -0.15) is 0 Å². The van der Waals surface area contributed by atoms with Gasteiger partial charge in [-0.3, -0.25) is 0 Å². The average molecular weight is 354 g/mol. The maximum absolute atomic E-state index is 6.62. The lowest BCUT2D eigenvalue weighted by atomic mass is 9.75. The largest absolute Gasteiger partial charge is 0.323 e. The molecule has 23 heavy (non-hydrogen) atoms. The van der Waals surface area contributed by atoms with E-state index >= 15 is 0 Å². The number of hydrogen-bond donors (Lipinski definition) is 0. The molecule has 1 aliphatic carbocycles. The normalized spacial score (nSPS) is 28.0. The third-order valence-electron chi connectivity index (χ3n) is 4.66. The first-order chi connectivity index (χ1) is 10.8. The molecule has 1 aromatic rings. The van der Waals surface area contributed by atoms with Gasteiger partial charge in [0.15, 0.2) is 0 Å². The molecule has 4 heteroatoms. The van der Waals surface area contributed by atoms with Crippen LogP contribution in [0.4, 0.5) is 0 Å². The van der Waals surface area contributed by atoms with Crippen molar-refractivity contribution < 1.29 is 9.05 Å². The van der Waals surface area contributed by atoms with Crippen molar-refractivity contribution >= 4 is 23.6 Å². The van der Waals surface area contributed by atoms with E-state index in [9.17, 15) is 0 Å². The Balaban J connectivity index is 2.27. The average Bonchev–Trinajstić information content (AvgIpc) is 2.47. The van der Waals surface area contributed by atoms with Crippen LogP contribution in [0.2, 0.25) is 0 Å². The predicted octanol–water partition coefficient (Wildman–Crippen LogP) is 5.52. The van der Waals surface area contributed by atoms with Crippen LogP contribution in [0.3, 0.4) is 0 Å². The third-order valence-corrected chi connectivity index (χ3v) is 7.98. The van der Waals surface area contributed by atoms with Gasteiger partial charge in [0.1, 0.15) is 0 Å². The van der Waals surface area contributed by atoms with Crippen molar-refractivity contribution in [3.63, 3.8) is 0 Å². The Hall–Kier alpha value is -0.210. The molecule has 0 saturated heterocycles. The zero-order chi connectivity index (χ0) is 17.0. The summed E-state index contributed by atoms with van der Waals surface area (Å²) >= 11 is 5.97. The third kappa shape index (κ3) is 5.13. The summed E-state index contributed by atoms with van der Waals surface area (Å²) in [5.41, 5.74) is 0. The van der Waals surface area contributed by atoms with Crippen LogP contribution >= 0.6 is 6.49 Å². The Kier molecular flexibility index (Phi) is 6.86. The van der Waals surface area contributed by atoms with Gasteiger partial charge in [0.25, 0.3) is 0 Å². The highest BCUT2D eigenvalue weighted by molar-refractivity contribution is 8.13. The second-order valence-corrected chi connectivity index (χ2v) is 10.8. The fourth-order valence-electron chi connectivity index (χ4n) is 3.45. The molecule has 4 atom stereocenters. The Morgan fingerprint density at radius 3 is 2.30 bits per heavy atom. The van der Waals surface area contributed by atoms with Crippen molar-refractivity contribution in [2.75, 3.05) is 0 Å². The van der Waals surface area contributed by atoms with Gasteiger partial charge >= 0.3 is 0 Å². The summed E-state index contributed by atoms with van der Waals surface area (Å²) in [6.07, 6.45) is 3.90. The summed E-state index contributed by atoms with van der Waals surface area (Å²) in [4.78, 5) is 0. The molecule has 0 radical (unpaired) electrons. The van der Waals surface area contributed by atoms with Gasteiger partial charge in [0.05, 0.1) is 12.2 Å². The molecule has 1 aromatic carbocycles. The van der Waals surface area contributed by atoms with Crippen LogP contribution in [0.25, 0.3) is 0 Å². The molecule has 2 nitrogen and oxygen atoms in total. The summed E-state index contributed by atoms with van der Waals surface area (Å²) in [5, 5.41) is 1.03. The van der Waals surface area contributed by atoms with Crippen molar-refractivity contribution in [3.05, 3.63) is 30.3 Å². The molecule has 0 aromatic heterocycles. The molecular formula is C19H31O2PS. The predicted molar refractivity (Wildman–Crippen MR) is 103 cm³/mol. The summed E-state index contributed by atoms with van der Waals surface area (Å²) in [6, 6.07) is 10.2. The fourth-order valence-corrected chi connectivity index (χ4v) is 6.65. The molecule has 1 aliphatic rings. The second-order valence-electron chi connectivity index (χ2n) is 7.46. The number of rotatable bonds is 6. The Bertz CT molecular complexity index is 529. The van der Waals surface area contributed by atoms with E-state index in [2.05, 4.69) is 32.9 Å².